The van der Waals surface area contributed by atoms with Crippen LogP contribution in [0.15, 0.2) is 29.1 Å². The minimum absolute atomic E-state index is 0.217. The van der Waals surface area contributed by atoms with Gasteiger partial charge in [0.15, 0.2) is 5.82 Å². The molecule has 6 heteroatoms. The van der Waals surface area contributed by atoms with Crippen LogP contribution in [0.2, 0.25) is 0 Å². The molecule has 0 bridgehead atoms. The molecule has 90 valence electrons. The Morgan fingerprint density at radius 1 is 1.47 bits per heavy atom. The van der Waals surface area contributed by atoms with Gasteiger partial charge in [-0.2, -0.15) is 5.10 Å². The second kappa shape index (κ2) is 4.42. The summed E-state index contributed by atoms with van der Waals surface area (Å²) in [5.74, 6) is 0.734. The number of benzene rings is 1. The number of aromatic amines is 1. The number of nitrogens with zero attached hydrogens (tertiary/aromatic N) is 2. The van der Waals surface area contributed by atoms with Crippen molar-refractivity contribution in [3.63, 3.8) is 0 Å². The summed E-state index contributed by atoms with van der Waals surface area (Å²) in [4.78, 5) is 11.2. The number of hydrogen-bond acceptors (Lipinski definition) is 4. The zero-order valence-electron chi connectivity index (χ0n) is 9.42. The number of H-pyrrole nitrogens is 1. The maximum absolute atomic E-state index is 11.2. The van der Waals surface area contributed by atoms with Gasteiger partial charge in [0.1, 0.15) is 5.75 Å². The number of aromatic hydroxyl groups is 1. The lowest BCUT2D eigenvalue weighted by molar-refractivity contribution is 0.475. The van der Waals surface area contributed by atoms with E-state index in [-0.39, 0.29) is 17.5 Å². The van der Waals surface area contributed by atoms with Crippen LogP contribution in [0.4, 0.5) is 0 Å². The van der Waals surface area contributed by atoms with Gasteiger partial charge in [-0.25, -0.2) is 9.89 Å². The van der Waals surface area contributed by atoms with E-state index in [0.717, 1.165) is 5.56 Å². The number of nitrogens with two attached hydrogens (primary N) is 1. The van der Waals surface area contributed by atoms with Gasteiger partial charge in [0.05, 0.1) is 6.04 Å². The minimum Gasteiger partial charge on any atom is -0.508 e. The van der Waals surface area contributed by atoms with Gasteiger partial charge in [-0.3, -0.25) is 4.57 Å². The summed E-state index contributed by atoms with van der Waals surface area (Å²) < 4.78 is 1.39. The molecule has 4 N–H and O–H groups in total. The molecule has 2 rings (SSSR count). The molecule has 0 amide bonds. The summed E-state index contributed by atoms with van der Waals surface area (Å²) in [5, 5.41) is 15.4. The molecule has 0 aliphatic heterocycles. The average Bonchev–Trinajstić information content (AvgIpc) is 2.63. The highest BCUT2D eigenvalue weighted by Gasteiger charge is 2.14. The molecule has 17 heavy (non-hydrogen) atoms. The van der Waals surface area contributed by atoms with E-state index >= 15 is 0 Å². The van der Waals surface area contributed by atoms with Crippen molar-refractivity contribution in [2.45, 2.75) is 12.5 Å². The summed E-state index contributed by atoms with van der Waals surface area (Å²) in [6.45, 7) is 0. The number of aromatic nitrogens is 3. The summed E-state index contributed by atoms with van der Waals surface area (Å²) in [6, 6.07) is 6.43. The van der Waals surface area contributed by atoms with Gasteiger partial charge >= 0.3 is 5.69 Å². The van der Waals surface area contributed by atoms with Crippen LogP contribution < -0.4 is 11.4 Å². The summed E-state index contributed by atoms with van der Waals surface area (Å²) in [5.41, 5.74) is 6.68. The van der Waals surface area contributed by atoms with Crippen molar-refractivity contribution < 1.29 is 5.11 Å². The normalized spacial score (nSPS) is 12.6. The Kier molecular flexibility index (Phi) is 2.97. The first-order valence-electron chi connectivity index (χ1n) is 5.22. The Labute approximate surface area is 97.7 Å². The predicted molar refractivity (Wildman–Crippen MR) is 62.6 cm³/mol. The third-order valence-corrected chi connectivity index (χ3v) is 2.64. The molecular weight excluding hydrogens is 220 g/mol. The Hall–Kier alpha value is -2.08. The van der Waals surface area contributed by atoms with E-state index in [1.165, 1.54) is 4.57 Å². The molecule has 1 unspecified atom stereocenters. The van der Waals surface area contributed by atoms with E-state index in [1.54, 1.807) is 31.3 Å². The Morgan fingerprint density at radius 3 is 2.65 bits per heavy atom. The van der Waals surface area contributed by atoms with Crippen molar-refractivity contribution in [3.05, 3.63) is 46.1 Å². The highest BCUT2D eigenvalue weighted by atomic mass is 16.3. The largest absolute Gasteiger partial charge is 0.508 e. The van der Waals surface area contributed by atoms with E-state index in [9.17, 15) is 4.79 Å². The van der Waals surface area contributed by atoms with Crippen LogP contribution in [0.25, 0.3) is 0 Å². The molecule has 1 atom stereocenters. The van der Waals surface area contributed by atoms with Crippen LogP contribution >= 0.6 is 0 Å². The smallest absolute Gasteiger partial charge is 0.343 e. The quantitative estimate of drug-likeness (QED) is 0.699. The van der Waals surface area contributed by atoms with Crippen LogP contribution in [-0.2, 0) is 13.5 Å². The third kappa shape index (κ3) is 2.36. The lowest BCUT2D eigenvalue weighted by Gasteiger charge is -2.10. The highest BCUT2D eigenvalue weighted by molar-refractivity contribution is 5.26. The first-order chi connectivity index (χ1) is 8.08. The maximum atomic E-state index is 11.2. The summed E-state index contributed by atoms with van der Waals surface area (Å²) in [7, 11) is 1.62. The Bertz CT molecular complexity index is 556. The fraction of sp³-hybridized carbons (Fsp3) is 0.273. The molecule has 0 spiro atoms. The number of hydrogen-bond donors (Lipinski definition) is 3. The van der Waals surface area contributed by atoms with Crippen LogP contribution in [0.5, 0.6) is 5.75 Å². The van der Waals surface area contributed by atoms with Gasteiger partial charge in [0.2, 0.25) is 0 Å². The number of nitrogens with one attached hydrogen (secondary N) is 1. The topological polar surface area (TPSA) is 96.9 Å². The lowest BCUT2D eigenvalue weighted by Crippen LogP contribution is -2.22. The van der Waals surface area contributed by atoms with E-state index < -0.39 is 0 Å². The minimum atomic E-state index is -0.358. The van der Waals surface area contributed by atoms with Crippen molar-refractivity contribution in [1.82, 2.24) is 14.8 Å². The SMILES string of the molecule is Cn1c(C(N)Cc2ccc(O)cc2)n[nH]c1=O. The molecule has 2 aromatic rings. The van der Waals surface area contributed by atoms with Crippen LogP contribution in [0.1, 0.15) is 17.4 Å². The molecule has 1 heterocycles. The second-order valence-electron chi connectivity index (χ2n) is 3.92. The molecule has 0 fully saturated rings. The van der Waals surface area contributed by atoms with Gasteiger partial charge in [-0.1, -0.05) is 12.1 Å². The Balaban J connectivity index is 2.17. The third-order valence-electron chi connectivity index (χ3n) is 2.64. The van der Waals surface area contributed by atoms with Gasteiger partial charge < -0.3 is 10.8 Å². The van der Waals surface area contributed by atoms with Gasteiger partial charge in [-0.15, -0.1) is 0 Å². The van der Waals surface area contributed by atoms with E-state index in [4.69, 9.17) is 10.8 Å². The second-order valence-corrected chi connectivity index (χ2v) is 3.92. The molecule has 6 nitrogen and oxygen atoms in total. The Morgan fingerprint density at radius 2 is 2.12 bits per heavy atom. The lowest BCUT2D eigenvalue weighted by atomic mass is 10.1. The monoisotopic (exact) mass is 234 g/mol. The molecular formula is C11H14N4O2. The van der Waals surface area contributed by atoms with Gasteiger partial charge in [-0.05, 0) is 24.1 Å². The molecule has 0 aliphatic rings. The van der Waals surface area contributed by atoms with Crippen LogP contribution in [0.3, 0.4) is 0 Å². The first-order valence-corrected chi connectivity index (χ1v) is 5.22. The zero-order valence-corrected chi connectivity index (χ0v) is 9.42. The fourth-order valence-corrected chi connectivity index (χ4v) is 1.67. The maximum Gasteiger partial charge on any atom is 0.343 e. The molecule has 0 radical (unpaired) electrons. The number of phenolic OH excluding ortho intramolecular Hbond substituents is 1. The fourth-order valence-electron chi connectivity index (χ4n) is 1.67. The zero-order chi connectivity index (χ0) is 12.4. The van der Waals surface area contributed by atoms with E-state index in [2.05, 4.69) is 10.2 Å². The standard InChI is InChI=1S/C11H14N4O2/c1-15-10(13-14-11(15)17)9(12)6-7-2-4-8(16)5-3-7/h2-5,9,16H,6,12H2,1H3,(H,14,17). The molecule has 0 saturated carbocycles. The van der Waals surface area contributed by atoms with E-state index in [0.29, 0.717) is 12.2 Å². The van der Waals surface area contributed by atoms with Crippen molar-refractivity contribution in [3.8, 4) is 5.75 Å². The van der Waals surface area contributed by atoms with Crippen molar-refractivity contribution in [1.29, 1.82) is 0 Å². The van der Waals surface area contributed by atoms with Gasteiger partial charge in [0.25, 0.3) is 0 Å². The highest BCUT2D eigenvalue weighted by Crippen LogP contribution is 2.15. The van der Waals surface area contributed by atoms with E-state index in [1.807, 2.05) is 0 Å². The van der Waals surface area contributed by atoms with Crippen molar-refractivity contribution in [2.75, 3.05) is 0 Å². The summed E-state index contributed by atoms with van der Waals surface area (Å²) in [6.07, 6.45) is 0.554. The summed E-state index contributed by atoms with van der Waals surface area (Å²) >= 11 is 0. The van der Waals surface area contributed by atoms with Crippen LogP contribution in [-0.4, -0.2) is 19.9 Å². The van der Waals surface area contributed by atoms with Crippen LogP contribution in [0, 0.1) is 0 Å². The van der Waals surface area contributed by atoms with Gasteiger partial charge in [0, 0.05) is 7.05 Å². The number of rotatable bonds is 3. The van der Waals surface area contributed by atoms with Crippen molar-refractivity contribution >= 4 is 0 Å². The first kappa shape index (κ1) is 11.4. The molecule has 1 aromatic carbocycles. The predicted octanol–water partition coefficient (Wildman–Crippen LogP) is 0.0565. The average molecular weight is 234 g/mol. The number of phenols is 1. The molecule has 0 aliphatic carbocycles. The van der Waals surface area contributed by atoms with Crippen molar-refractivity contribution in [2.24, 2.45) is 12.8 Å². The molecule has 1 aromatic heterocycles. The molecule has 0 saturated heterocycles.